The van der Waals surface area contributed by atoms with Gasteiger partial charge in [0, 0.05) is 0 Å². The van der Waals surface area contributed by atoms with Gasteiger partial charge in [-0.25, -0.2) is 0 Å². The molecule has 0 aromatic heterocycles. The molecule has 0 aromatic rings. The first-order valence-corrected chi connectivity index (χ1v) is 6.52. The molecule has 0 heterocycles. The standard InChI is InChI=1S/C13H26O/c1-2-3-4-8-11-13(14)12-9-6-5-7-10-12/h12-14H,2-11H2,1H3/t13-/m0/s1. The summed E-state index contributed by atoms with van der Waals surface area (Å²) < 4.78 is 0. The minimum atomic E-state index is 0.00663. The van der Waals surface area contributed by atoms with Crippen LogP contribution >= 0.6 is 0 Å². The summed E-state index contributed by atoms with van der Waals surface area (Å²) >= 11 is 0. The molecule has 1 fully saturated rings. The Bertz CT molecular complexity index is 127. The summed E-state index contributed by atoms with van der Waals surface area (Å²) in [4.78, 5) is 0. The highest BCUT2D eigenvalue weighted by Crippen LogP contribution is 2.28. The number of hydrogen-bond donors (Lipinski definition) is 1. The number of hydrogen-bond acceptors (Lipinski definition) is 1. The topological polar surface area (TPSA) is 20.2 Å². The fourth-order valence-corrected chi connectivity index (χ4v) is 2.53. The average molecular weight is 198 g/mol. The fraction of sp³-hybridized carbons (Fsp3) is 1.00. The van der Waals surface area contributed by atoms with Crippen molar-refractivity contribution in [3.05, 3.63) is 0 Å². The zero-order chi connectivity index (χ0) is 10.2. The van der Waals surface area contributed by atoms with Crippen molar-refractivity contribution in [2.45, 2.75) is 77.2 Å². The molecule has 1 heteroatoms. The Morgan fingerprint density at radius 2 is 1.79 bits per heavy atom. The van der Waals surface area contributed by atoms with Gasteiger partial charge < -0.3 is 5.11 Å². The average Bonchev–Trinajstić information content (AvgIpc) is 2.25. The van der Waals surface area contributed by atoms with E-state index < -0.39 is 0 Å². The van der Waals surface area contributed by atoms with Gasteiger partial charge in [0.25, 0.3) is 0 Å². The molecular formula is C13H26O. The first-order valence-electron chi connectivity index (χ1n) is 6.52. The van der Waals surface area contributed by atoms with Gasteiger partial charge in [0.2, 0.25) is 0 Å². The van der Waals surface area contributed by atoms with Crippen LogP contribution in [-0.2, 0) is 0 Å². The van der Waals surface area contributed by atoms with Crippen molar-refractivity contribution < 1.29 is 5.11 Å². The SMILES string of the molecule is CCCCCC[C@H](O)C1CCCCC1. The van der Waals surface area contributed by atoms with Crippen LogP contribution in [0.2, 0.25) is 0 Å². The lowest BCUT2D eigenvalue weighted by Gasteiger charge is -2.26. The normalized spacial score (nSPS) is 21.0. The highest BCUT2D eigenvalue weighted by atomic mass is 16.3. The number of aliphatic hydroxyl groups is 1. The van der Waals surface area contributed by atoms with Crippen LogP contribution in [0.5, 0.6) is 0 Å². The Hall–Kier alpha value is -0.0400. The van der Waals surface area contributed by atoms with Crippen LogP contribution in [-0.4, -0.2) is 11.2 Å². The molecule has 0 saturated heterocycles. The highest BCUT2D eigenvalue weighted by Gasteiger charge is 2.20. The number of rotatable bonds is 6. The van der Waals surface area contributed by atoms with E-state index >= 15 is 0 Å². The van der Waals surface area contributed by atoms with Crippen molar-refractivity contribution in [2.24, 2.45) is 5.92 Å². The number of aliphatic hydroxyl groups excluding tert-OH is 1. The second-order valence-corrected chi connectivity index (χ2v) is 4.81. The summed E-state index contributed by atoms with van der Waals surface area (Å²) in [5.41, 5.74) is 0. The molecule has 1 aliphatic carbocycles. The molecule has 1 N–H and O–H groups in total. The Morgan fingerprint density at radius 1 is 1.07 bits per heavy atom. The molecule has 0 bridgehead atoms. The summed E-state index contributed by atoms with van der Waals surface area (Å²) in [6.07, 6.45) is 12.8. The lowest BCUT2D eigenvalue weighted by atomic mass is 9.83. The zero-order valence-electron chi connectivity index (χ0n) is 9.67. The maximum absolute atomic E-state index is 9.97. The minimum absolute atomic E-state index is 0.00663. The van der Waals surface area contributed by atoms with E-state index in [1.807, 2.05) is 0 Å². The molecule has 14 heavy (non-hydrogen) atoms. The van der Waals surface area contributed by atoms with Gasteiger partial charge >= 0.3 is 0 Å². The molecule has 0 aromatic carbocycles. The molecule has 84 valence electrons. The van der Waals surface area contributed by atoms with Crippen molar-refractivity contribution in [1.82, 2.24) is 0 Å². The van der Waals surface area contributed by atoms with Gasteiger partial charge in [0.05, 0.1) is 6.10 Å². The summed E-state index contributed by atoms with van der Waals surface area (Å²) in [5, 5.41) is 9.97. The zero-order valence-corrected chi connectivity index (χ0v) is 9.67. The molecule has 1 saturated carbocycles. The van der Waals surface area contributed by atoms with Crippen LogP contribution in [0.1, 0.15) is 71.1 Å². The van der Waals surface area contributed by atoms with E-state index in [1.54, 1.807) is 0 Å². The van der Waals surface area contributed by atoms with E-state index in [-0.39, 0.29) is 6.10 Å². The van der Waals surface area contributed by atoms with Crippen LogP contribution in [0, 0.1) is 5.92 Å². The van der Waals surface area contributed by atoms with Crippen LogP contribution in [0.4, 0.5) is 0 Å². The third-order valence-electron chi connectivity index (χ3n) is 3.55. The fourth-order valence-electron chi connectivity index (χ4n) is 2.53. The van der Waals surface area contributed by atoms with Gasteiger partial charge in [-0.15, -0.1) is 0 Å². The van der Waals surface area contributed by atoms with Crippen LogP contribution < -0.4 is 0 Å². The Labute approximate surface area is 88.9 Å². The maximum Gasteiger partial charge on any atom is 0.0568 e. The predicted octanol–water partition coefficient (Wildman–Crippen LogP) is 3.90. The van der Waals surface area contributed by atoms with Gasteiger partial charge in [0.15, 0.2) is 0 Å². The molecule has 0 amide bonds. The summed E-state index contributed by atoms with van der Waals surface area (Å²) in [5.74, 6) is 0.630. The van der Waals surface area contributed by atoms with Crippen molar-refractivity contribution in [2.75, 3.05) is 0 Å². The van der Waals surface area contributed by atoms with Gasteiger partial charge in [-0.05, 0) is 25.2 Å². The smallest absolute Gasteiger partial charge is 0.0568 e. The van der Waals surface area contributed by atoms with Crippen molar-refractivity contribution >= 4 is 0 Å². The first kappa shape index (κ1) is 12.0. The van der Waals surface area contributed by atoms with Gasteiger partial charge in [0.1, 0.15) is 0 Å². The third kappa shape index (κ3) is 4.45. The largest absolute Gasteiger partial charge is 0.393 e. The van der Waals surface area contributed by atoms with E-state index in [2.05, 4.69) is 6.92 Å². The van der Waals surface area contributed by atoms with Crippen LogP contribution in [0.25, 0.3) is 0 Å². The first-order chi connectivity index (χ1) is 6.84. The van der Waals surface area contributed by atoms with Crippen molar-refractivity contribution in [3.8, 4) is 0 Å². The maximum atomic E-state index is 9.97. The molecule has 1 aliphatic rings. The van der Waals surface area contributed by atoms with Gasteiger partial charge in [-0.2, -0.15) is 0 Å². The van der Waals surface area contributed by atoms with Crippen molar-refractivity contribution in [3.63, 3.8) is 0 Å². The monoisotopic (exact) mass is 198 g/mol. The minimum Gasteiger partial charge on any atom is -0.393 e. The van der Waals surface area contributed by atoms with E-state index in [9.17, 15) is 5.11 Å². The van der Waals surface area contributed by atoms with E-state index in [1.165, 1.54) is 57.8 Å². The molecule has 0 unspecified atom stereocenters. The molecule has 1 nitrogen and oxygen atoms in total. The summed E-state index contributed by atoms with van der Waals surface area (Å²) in [7, 11) is 0. The highest BCUT2D eigenvalue weighted by molar-refractivity contribution is 4.73. The second kappa shape index (κ2) is 7.28. The van der Waals surface area contributed by atoms with Crippen LogP contribution in [0.15, 0.2) is 0 Å². The molecule has 0 radical (unpaired) electrons. The van der Waals surface area contributed by atoms with Crippen LogP contribution in [0.3, 0.4) is 0 Å². The molecule has 1 rings (SSSR count). The summed E-state index contributed by atoms with van der Waals surface area (Å²) in [6.45, 7) is 2.23. The molecule has 0 aliphatic heterocycles. The predicted molar refractivity (Wildman–Crippen MR) is 61.3 cm³/mol. The third-order valence-corrected chi connectivity index (χ3v) is 3.55. The quantitative estimate of drug-likeness (QED) is 0.642. The molecular weight excluding hydrogens is 172 g/mol. The lowest BCUT2D eigenvalue weighted by Crippen LogP contribution is -2.22. The van der Waals surface area contributed by atoms with Crippen molar-refractivity contribution in [1.29, 1.82) is 0 Å². The molecule has 0 spiro atoms. The van der Waals surface area contributed by atoms with Gasteiger partial charge in [-0.3, -0.25) is 0 Å². The Morgan fingerprint density at radius 3 is 2.43 bits per heavy atom. The van der Waals surface area contributed by atoms with E-state index in [0.717, 1.165) is 6.42 Å². The Kier molecular flexibility index (Phi) is 6.25. The van der Waals surface area contributed by atoms with Gasteiger partial charge in [-0.1, -0.05) is 51.9 Å². The Balaban J connectivity index is 2.04. The van der Waals surface area contributed by atoms with E-state index in [4.69, 9.17) is 0 Å². The van der Waals surface area contributed by atoms with E-state index in [0.29, 0.717) is 5.92 Å². The molecule has 1 atom stereocenters. The number of unbranched alkanes of at least 4 members (excludes halogenated alkanes) is 3. The lowest BCUT2D eigenvalue weighted by molar-refractivity contribution is 0.0748. The second-order valence-electron chi connectivity index (χ2n) is 4.81. The summed E-state index contributed by atoms with van der Waals surface area (Å²) in [6, 6.07) is 0.